The molecule has 0 radical (unpaired) electrons. The van der Waals surface area contributed by atoms with Crippen LogP contribution in [0.5, 0.6) is 5.75 Å². The number of carbonyl (C=O) groups excluding carboxylic acids is 2. The number of nitrogens with two attached hydrogens (primary N) is 1. The maximum absolute atomic E-state index is 12.4. The number of rotatable bonds is 7. The number of nitrogens with zero attached hydrogens (tertiary/aromatic N) is 2. The Morgan fingerprint density at radius 1 is 1.24 bits per heavy atom. The zero-order valence-corrected chi connectivity index (χ0v) is 15.4. The second kappa shape index (κ2) is 8.85. The number of carbonyl (C=O) groups is 2. The number of piperazine rings is 1. The van der Waals surface area contributed by atoms with Gasteiger partial charge in [-0.2, -0.15) is 0 Å². The Bertz CT molecular complexity index is 586. The number of methoxy groups -OCH3 is 1. The summed E-state index contributed by atoms with van der Waals surface area (Å²) >= 11 is 0. The van der Waals surface area contributed by atoms with Gasteiger partial charge >= 0.3 is 0 Å². The van der Waals surface area contributed by atoms with E-state index in [0.717, 1.165) is 24.4 Å². The standard InChI is InChI=1S/C19H29N3O3/c1-14(2)10-19(24)22-9-8-21(16(13-22)11-18(20)23)12-15-4-6-17(25-3)7-5-15/h4-7,14,16H,8-13H2,1-3H3,(H2,20,23). The molecule has 1 atom stereocenters. The minimum absolute atomic E-state index is 0.0375. The van der Waals surface area contributed by atoms with E-state index in [1.807, 2.05) is 43.0 Å². The molecule has 1 heterocycles. The summed E-state index contributed by atoms with van der Waals surface area (Å²) in [5, 5.41) is 0. The minimum Gasteiger partial charge on any atom is -0.497 e. The first-order valence-electron chi connectivity index (χ1n) is 8.82. The van der Waals surface area contributed by atoms with E-state index in [1.165, 1.54) is 0 Å². The van der Waals surface area contributed by atoms with Crippen molar-refractivity contribution in [1.29, 1.82) is 0 Å². The van der Waals surface area contributed by atoms with Crippen LogP contribution in [0.15, 0.2) is 24.3 Å². The normalized spacial score (nSPS) is 18.4. The first-order chi connectivity index (χ1) is 11.9. The van der Waals surface area contributed by atoms with Crippen LogP contribution in [0.1, 0.15) is 32.3 Å². The summed E-state index contributed by atoms with van der Waals surface area (Å²) in [5.74, 6) is 0.984. The Balaban J connectivity index is 2.03. The Labute approximate surface area is 149 Å². The van der Waals surface area contributed by atoms with Gasteiger partial charge in [-0.15, -0.1) is 0 Å². The lowest BCUT2D eigenvalue weighted by molar-refractivity contribution is -0.136. The van der Waals surface area contributed by atoms with Crippen LogP contribution >= 0.6 is 0 Å². The predicted octanol–water partition coefficient (Wildman–Crippen LogP) is 1.63. The summed E-state index contributed by atoms with van der Waals surface area (Å²) in [7, 11) is 1.64. The van der Waals surface area contributed by atoms with Crippen LogP contribution in [0.4, 0.5) is 0 Å². The summed E-state index contributed by atoms with van der Waals surface area (Å²) in [6, 6.07) is 7.87. The number of hydrogen-bond acceptors (Lipinski definition) is 4. The van der Waals surface area contributed by atoms with E-state index in [0.29, 0.717) is 25.4 Å². The van der Waals surface area contributed by atoms with Crippen molar-refractivity contribution in [3.05, 3.63) is 29.8 Å². The molecule has 0 aromatic heterocycles. The molecule has 138 valence electrons. The molecule has 1 saturated heterocycles. The van der Waals surface area contributed by atoms with Gasteiger partial charge in [0.15, 0.2) is 0 Å². The van der Waals surface area contributed by atoms with Crippen LogP contribution in [0.2, 0.25) is 0 Å². The number of ether oxygens (including phenoxy) is 1. The molecule has 0 bridgehead atoms. The number of primary amides is 1. The molecule has 0 saturated carbocycles. The second-order valence-corrected chi connectivity index (χ2v) is 7.08. The highest BCUT2D eigenvalue weighted by molar-refractivity contribution is 5.77. The van der Waals surface area contributed by atoms with Gasteiger partial charge in [0, 0.05) is 45.1 Å². The van der Waals surface area contributed by atoms with E-state index in [2.05, 4.69) is 4.90 Å². The van der Waals surface area contributed by atoms with Crippen LogP contribution in [0, 0.1) is 5.92 Å². The van der Waals surface area contributed by atoms with E-state index in [4.69, 9.17) is 10.5 Å². The van der Waals surface area contributed by atoms with Crippen molar-refractivity contribution in [1.82, 2.24) is 9.80 Å². The van der Waals surface area contributed by atoms with Crippen molar-refractivity contribution in [2.75, 3.05) is 26.7 Å². The minimum atomic E-state index is -0.331. The van der Waals surface area contributed by atoms with Crippen LogP contribution < -0.4 is 10.5 Å². The largest absolute Gasteiger partial charge is 0.497 e. The van der Waals surface area contributed by atoms with Crippen LogP contribution in [0.25, 0.3) is 0 Å². The van der Waals surface area contributed by atoms with Gasteiger partial charge in [-0.25, -0.2) is 0 Å². The highest BCUT2D eigenvalue weighted by Gasteiger charge is 2.30. The van der Waals surface area contributed by atoms with Gasteiger partial charge in [0.25, 0.3) is 0 Å². The molecule has 25 heavy (non-hydrogen) atoms. The molecule has 1 aromatic rings. The third kappa shape index (κ3) is 5.74. The molecular weight excluding hydrogens is 318 g/mol. The van der Waals surface area contributed by atoms with Gasteiger partial charge in [0.1, 0.15) is 5.75 Å². The van der Waals surface area contributed by atoms with Gasteiger partial charge in [0.2, 0.25) is 11.8 Å². The smallest absolute Gasteiger partial charge is 0.222 e. The Hall–Kier alpha value is -2.08. The van der Waals surface area contributed by atoms with E-state index >= 15 is 0 Å². The van der Waals surface area contributed by atoms with Crippen molar-refractivity contribution in [3.63, 3.8) is 0 Å². The SMILES string of the molecule is COc1ccc(CN2CCN(C(=O)CC(C)C)CC2CC(N)=O)cc1. The number of hydrogen-bond donors (Lipinski definition) is 1. The summed E-state index contributed by atoms with van der Waals surface area (Å²) < 4.78 is 5.19. The zero-order valence-electron chi connectivity index (χ0n) is 15.4. The first kappa shape index (κ1) is 19.2. The Kier molecular flexibility index (Phi) is 6.82. The van der Waals surface area contributed by atoms with Crippen molar-refractivity contribution in [3.8, 4) is 5.75 Å². The van der Waals surface area contributed by atoms with Crippen molar-refractivity contribution < 1.29 is 14.3 Å². The average molecular weight is 347 g/mol. The molecule has 6 heteroatoms. The molecule has 2 rings (SSSR count). The lowest BCUT2D eigenvalue weighted by Crippen LogP contribution is -2.55. The quantitative estimate of drug-likeness (QED) is 0.813. The average Bonchev–Trinajstić information content (AvgIpc) is 2.56. The molecule has 6 nitrogen and oxygen atoms in total. The van der Waals surface area contributed by atoms with E-state index < -0.39 is 0 Å². The molecule has 2 N–H and O–H groups in total. The number of amides is 2. The van der Waals surface area contributed by atoms with Gasteiger partial charge in [-0.05, 0) is 23.6 Å². The van der Waals surface area contributed by atoms with Crippen LogP contribution in [0.3, 0.4) is 0 Å². The molecule has 2 amide bonds. The molecule has 1 aliphatic rings. The maximum atomic E-state index is 12.4. The van der Waals surface area contributed by atoms with Gasteiger partial charge in [-0.3, -0.25) is 14.5 Å². The third-order valence-corrected chi connectivity index (χ3v) is 4.52. The molecule has 1 fully saturated rings. The van der Waals surface area contributed by atoms with E-state index in [9.17, 15) is 9.59 Å². The van der Waals surface area contributed by atoms with Gasteiger partial charge < -0.3 is 15.4 Å². The van der Waals surface area contributed by atoms with Crippen LogP contribution in [-0.4, -0.2) is 54.4 Å². The fraction of sp³-hybridized carbons (Fsp3) is 0.579. The van der Waals surface area contributed by atoms with E-state index in [1.54, 1.807) is 7.11 Å². The van der Waals surface area contributed by atoms with Crippen molar-refractivity contribution in [2.24, 2.45) is 11.7 Å². The third-order valence-electron chi connectivity index (χ3n) is 4.52. The van der Waals surface area contributed by atoms with Crippen molar-refractivity contribution in [2.45, 2.75) is 39.3 Å². The monoisotopic (exact) mass is 347 g/mol. The molecule has 0 spiro atoms. The summed E-state index contributed by atoms with van der Waals surface area (Å²) in [6.07, 6.45) is 0.809. The second-order valence-electron chi connectivity index (χ2n) is 7.08. The topological polar surface area (TPSA) is 75.9 Å². The first-order valence-corrected chi connectivity index (χ1v) is 8.82. The van der Waals surface area contributed by atoms with Crippen molar-refractivity contribution >= 4 is 11.8 Å². The molecular formula is C19H29N3O3. The van der Waals surface area contributed by atoms with Gasteiger partial charge in [-0.1, -0.05) is 26.0 Å². The number of benzene rings is 1. The molecule has 0 aliphatic carbocycles. The zero-order chi connectivity index (χ0) is 18.4. The molecule has 1 aliphatic heterocycles. The predicted molar refractivity (Wildman–Crippen MR) is 97.0 cm³/mol. The maximum Gasteiger partial charge on any atom is 0.222 e. The fourth-order valence-electron chi connectivity index (χ4n) is 3.20. The Morgan fingerprint density at radius 2 is 1.92 bits per heavy atom. The molecule has 1 aromatic carbocycles. The summed E-state index contributed by atoms with van der Waals surface area (Å²) in [6.45, 7) is 6.81. The van der Waals surface area contributed by atoms with E-state index in [-0.39, 0.29) is 24.3 Å². The summed E-state index contributed by atoms with van der Waals surface area (Å²) in [5.41, 5.74) is 6.58. The fourth-order valence-corrected chi connectivity index (χ4v) is 3.20. The van der Waals surface area contributed by atoms with Gasteiger partial charge in [0.05, 0.1) is 7.11 Å². The highest BCUT2D eigenvalue weighted by atomic mass is 16.5. The van der Waals surface area contributed by atoms with Crippen LogP contribution in [-0.2, 0) is 16.1 Å². The molecule has 1 unspecified atom stereocenters. The lowest BCUT2D eigenvalue weighted by atomic mass is 10.0. The summed E-state index contributed by atoms with van der Waals surface area (Å²) in [4.78, 5) is 27.9. The lowest BCUT2D eigenvalue weighted by Gasteiger charge is -2.41. The highest BCUT2D eigenvalue weighted by Crippen LogP contribution is 2.19. The Morgan fingerprint density at radius 3 is 2.48 bits per heavy atom.